The molecular formula is C13H7F3N2O2. The van der Waals surface area contributed by atoms with Gasteiger partial charge < -0.3 is 9.47 Å². The van der Waals surface area contributed by atoms with E-state index in [0.29, 0.717) is 0 Å². The summed E-state index contributed by atoms with van der Waals surface area (Å²) >= 11 is 0. The minimum atomic E-state index is -4.73. The zero-order valence-corrected chi connectivity index (χ0v) is 9.89. The van der Waals surface area contributed by atoms with Crippen LogP contribution in [0, 0.1) is 11.3 Å². The molecule has 0 saturated heterocycles. The number of nitriles is 1. The number of nitrogens with zero attached hydrogens (tertiary/aromatic N) is 2. The quantitative estimate of drug-likeness (QED) is 0.861. The fraction of sp³-hybridized carbons (Fsp3) is 0.0769. The summed E-state index contributed by atoms with van der Waals surface area (Å²) in [6, 6.07) is 11.3. The van der Waals surface area contributed by atoms with E-state index in [1.54, 1.807) is 6.07 Å². The number of rotatable bonds is 3. The maximum absolute atomic E-state index is 12.0. The van der Waals surface area contributed by atoms with Gasteiger partial charge in [0.15, 0.2) is 0 Å². The molecule has 0 aliphatic rings. The highest BCUT2D eigenvalue weighted by molar-refractivity contribution is 5.34. The summed E-state index contributed by atoms with van der Waals surface area (Å²) in [6.07, 6.45) is -4.73. The molecule has 0 radical (unpaired) electrons. The zero-order valence-electron chi connectivity index (χ0n) is 9.89. The summed E-state index contributed by atoms with van der Waals surface area (Å²) in [7, 11) is 0. The van der Waals surface area contributed by atoms with Gasteiger partial charge in [-0.3, -0.25) is 0 Å². The first kappa shape index (κ1) is 13.7. The highest BCUT2D eigenvalue weighted by Crippen LogP contribution is 2.26. The number of ether oxygens (including phenoxy) is 2. The van der Waals surface area contributed by atoms with Crippen LogP contribution in [0.15, 0.2) is 42.5 Å². The van der Waals surface area contributed by atoms with Gasteiger partial charge in [0.05, 0.1) is 0 Å². The van der Waals surface area contributed by atoms with E-state index in [1.165, 1.54) is 24.3 Å². The summed E-state index contributed by atoms with van der Waals surface area (Å²) in [6.45, 7) is 0. The van der Waals surface area contributed by atoms with Gasteiger partial charge in [0.25, 0.3) is 0 Å². The van der Waals surface area contributed by atoms with Crippen molar-refractivity contribution in [3.63, 3.8) is 0 Å². The van der Waals surface area contributed by atoms with Crippen molar-refractivity contribution < 1.29 is 22.6 Å². The monoisotopic (exact) mass is 280 g/mol. The molecule has 4 nitrogen and oxygen atoms in total. The molecule has 20 heavy (non-hydrogen) atoms. The minimum absolute atomic E-state index is 0.175. The van der Waals surface area contributed by atoms with E-state index in [0.717, 1.165) is 12.1 Å². The highest BCUT2D eigenvalue weighted by atomic mass is 19.4. The molecular weight excluding hydrogens is 273 g/mol. The first-order valence-corrected chi connectivity index (χ1v) is 5.37. The molecule has 0 aliphatic heterocycles. The van der Waals surface area contributed by atoms with Crippen LogP contribution in [0.2, 0.25) is 0 Å². The maximum atomic E-state index is 12.0. The van der Waals surface area contributed by atoms with Crippen molar-refractivity contribution in [2.24, 2.45) is 0 Å². The predicted octanol–water partition coefficient (Wildman–Crippen LogP) is 3.64. The summed E-state index contributed by atoms with van der Waals surface area (Å²) in [4.78, 5) is 3.87. The van der Waals surface area contributed by atoms with Gasteiger partial charge in [0.2, 0.25) is 5.88 Å². The second-order valence-corrected chi connectivity index (χ2v) is 3.59. The lowest BCUT2D eigenvalue weighted by atomic mass is 10.3. The van der Waals surface area contributed by atoms with Gasteiger partial charge in [-0.25, -0.2) is 4.98 Å². The molecule has 0 bridgehead atoms. The van der Waals surface area contributed by atoms with Gasteiger partial charge in [-0.1, -0.05) is 6.07 Å². The average Bonchev–Trinajstić information content (AvgIpc) is 2.40. The van der Waals surface area contributed by atoms with Crippen LogP contribution in [0.1, 0.15) is 5.69 Å². The van der Waals surface area contributed by atoms with E-state index in [1.807, 2.05) is 6.07 Å². The fourth-order valence-corrected chi connectivity index (χ4v) is 1.36. The van der Waals surface area contributed by atoms with Crippen LogP contribution in [-0.2, 0) is 0 Å². The molecule has 0 fully saturated rings. The molecule has 0 aliphatic carbocycles. The lowest BCUT2D eigenvalue weighted by Crippen LogP contribution is -2.16. The molecule has 2 aromatic rings. The molecule has 0 saturated carbocycles. The third kappa shape index (κ3) is 3.88. The smallest absolute Gasteiger partial charge is 0.439 e. The first-order valence-electron chi connectivity index (χ1n) is 5.37. The van der Waals surface area contributed by atoms with Crippen LogP contribution in [0.4, 0.5) is 13.2 Å². The molecule has 102 valence electrons. The summed E-state index contributed by atoms with van der Waals surface area (Å²) in [5.74, 6) is 0.110. The fourth-order valence-electron chi connectivity index (χ4n) is 1.36. The summed E-state index contributed by atoms with van der Waals surface area (Å²) in [5, 5.41) is 8.68. The van der Waals surface area contributed by atoms with Crippen molar-refractivity contribution in [3.8, 4) is 23.4 Å². The second kappa shape index (κ2) is 5.48. The summed E-state index contributed by atoms with van der Waals surface area (Å²) < 4.78 is 45.0. The number of hydrogen-bond acceptors (Lipinski definition) is 4. The third-order valence-electron chi connectivity index (χ3n) is 2.12. The van der Waals surface area contributed by atoms with Crippen LogP contribution < -0.4 is 9.47 Å². The number of aromatic nitrogens is 1. The predicted molar refractivity (Wildman–Crippen MR) is 62.2 cm³/mol. The van der Waals surface area contributed by atoms with Gasteiger partial charge in [-0.2, -0.15) is 5.26 Å². The molecule has 0 amide bonds. The Morgan fingerprint density at radius 1 is 1.00 bits per heavy atom. The number of hydrogen-bond donors (Lipinski definition) is 0. The molecule has 1 aromatic heterocycles. The minimum Gasteiger partial charge on any atom is -0.439 e. The Morgan fingerprint density at radius 3 is 2.25 bits per heavy atom. The molecule has 1 heterocycles. The van der Waals surface area contributed by atoms with Gasteiger partial charge in [-0.05, 0) is 30.3 Å². The molecule has 0 unspecified atom stereocenters. The number of alkyl halides is 3. The molecule has 0 atom stereocenters. The topological polar surface area (TPSA) is 55.1 Å². The van der Waals surface area contributed by atoms with Crippen molar-refractivity contribution in [3.05, 3.63) is 48.2 Å². The first-order chi connectivity index (χ1) is 9.46. The van der Waals surface area contributed by atoms with E-state index in [2.05, 4.69) is 9.72 Å². The number of pyridine rings is 1. The Balaban J connectivity index is 2.09. The summed E-state index contributed by atoms with van der Waals surface area (Å²) in [5.41, 5.74) is 0.180. The van der Waals surface area contributed by atoms with Crippen LogP contribution in [0.3, 0.4) is 0 Å². The van der Waals surface area contributed by atoms with E-state index < -0.39 is 6.36 Å². The van der Waals surface area contributed by atoms with Crippen molar-refractivity contribution in [1.29, 1.82) is 5.26 Å². The standard InChI is InChI=1S/C13H7F3N2O2/c14-13(15,16)20-11-6-4-10(5-7-11)19-12-3-1-2-9(8-17)18-12/h1-7H. The lowest BCUT2D eigenvalue weighted by molar-refractivity contribution is -0.274. The Hall–Kier alpha value is -2.75. The van der Waals surface area contributed by atoms with E-state index in [9.17, 15) is 13.2 Å². The largest absolute Gasteiger partial charge is 0.573 e. The van der Waals surface area contributed by atoms with Crippen molar-refractivity contribution in [2.75, 3.05) is 0 Å². The van der Waals surface area contributed by atoms with Crippen molar-refractivity contribution in [2.45, 2.75) is 6.36 Å². The van der Waals surface area contributed by atoms with Gasteiger partial charge in [0.1, 0.15) is 23.3 Å². The normalized spacial score (nSPS) is 10.7. The van der Waals surface area contributed by atoms with Crippen LogP contribution in [-0.4, -0.2) is 11.3 Å². The molecule has 0 spiro atoms. The van der Waals surface area contributed by atoms with Gasteiger partial charge in [-0.15, -0.1) is 13.2 Å². The Labute approximate surface area is 112 Å². The molecule has 7 heteroatoms. The zero-order chi connectivity index (χ0) is 14.6. The number of benzene rings is 1. The Morgan fingerprint density at radius 2 is 1.65 bits per heavy atom. The Kier molecular flexibility index (Phi) is 3.75. The van der Waals surface area contributed by atoms with E-state index >= 15 is 0 Å². The van der Waals surface area contributed by atoms with Gasteiger partial charge in [0, 0.05) is 6.07 Å². The molecule has 1 aromatic carbocycles. The van der Waals surface area contributed by atoms with Gasteiger partial charge >= 0.3 is 6.36 Å². The van der Waals surface area contributed by atoms with E-state index in [-0.39, 0.29) is 23.1 Å². The van der Waals surface area contributed by atoms with Crippen LogP contribution in [0.25, 0.3) is 0 Å². The lowest BCUT2D eigenvalue weighted by Gasteiger charge is -2.09. The maximum Gasteiger partial charge on any atom is 0.573 e. The average molecular weight is 280 g/mol. The highest BCUT2D eigenvalue weighted by Gasteiger charge is 2.30. The SMILES string of the molecule is N#Cc1cccc(Oc2ccc(OC(F)(F)F)cc2)n1. The van der Waals surface area contributed by atoms with E-state index in [4.69, 9.17) is 10.00 Å². The van der Waals surface area contributed by atoms with Crippen LogP contribution in [0.5, 0.6) is 17.4 Å². The van der Waals surface area contributed by atoms with Crippen LogP contribution >= 0.6 is 0 Å². The van der Waals surface area contributed by atoms with Crippen molar-refractivity contribution in [1.82, 2.24) is 4.98 Å². The number of halogens is 3. The Bertz CT molecular complexity index is 633. The molecule has 2 rings (SSSR count). The third-order valence-corrected chi connectivity index (χ3v) is 2.12. The van der Waals surface area contributed by atoms with Crippen molar-refractivity contribution >= 4 is 0 Å². The second-order valence-electron chi connectivity index (χ2n) is 3.59. The molecule has 0 N–H and O–H groups in total.